The molecule has 0 N–H and O–H groups in total. The smallest absolute Gasteiger partial charge is 0.228 e. The first-order valence-electron chi connectivity index (χ1n) is 19.7. The van der Waals surface area contributed by atoms with Crippen LogP contribution < -0.4 is 10.9 Å². The number of hydrogen-bond donors (Lipinski definition) is 1. The standard InChI is InChI=1S/C53H37BN2S3/c1-2-3-16-37(28-27-35-14-6-4-7-15-35)46-33-45(36-17-8-5-9-18-36)55-53(56-46)42-23-11-20-39(30-42)38-19-10-21-40(29-38)43-31-41-22-12-24-47-51(41)54-44(34-57)50(32-43)59-49-26-13-25-48(58-47)52(49)54/h2-26,28-34,57H,1,27H2/b16-3-,37-28+,43-31?,44-34-,50-32?. The van der Waals surface area contributed by atoms with Crippen LogP contribution in [0, 0.1) is 0 Å². The molecular weight excluding hydrogens is 772 g/mol. The van der Waals surface area contributed by atoms with E-state index in [2.05, 4.69) is 170 Å². The predicted molar refractivity (Wildman–Crippen MR) is 257 cm³/mol. The molecule has 0 amide bonds. The van der Waals surface area contributed by atoms with E-state index in [-0.39, 0.29) is 6.71 Å². The normalized spacial score (nSPS) is 14.8. The Balaban J connectivity index is 1.06. The van der Waals surface area contributed by atoms with E-state index >= 15 is 0 Å². The molecule has 0 saturated heterocycles. The van der Waals surface area contributed by atoms with Gasteiger partial charge in [-0.25, -0.2) is 9.97 Å². The molecule has 0 radical (unpaired) electrons. The van der Waals surface area contributed by atoms with Gasteiger partial charge in [-0.2, -0.15) is 12.6 Å². The van der Waals surface area contributed by atoms with E-state index in [0.717, 1.165) is 51.2 Å². The topological polar surface area (TPSA) is 25.8 Å². The van der Waals surface area contributed by atoms with Gasteiger partial charge in [-0.05, 0) is 116 Å². The van der Waals surface area contributed by atoms with Crippen LogP contribution >= 0.6 is 36.2 Å². The van der Waals surface area contributed by atoms with Gasteiger partial charge in [0.25, 0.3) is 0 Å². The number of nitrogens with zero attached hydrogens (tertiary/aromatic N) is 2. The molecule has 59 heavy (non-hydrogen) atoms. The Kier molecular flexibility index (Phi) is 10.3. The van der Waals surface area contributed by atoms with Gasteiger partial charge in [0.2, 0.25) is 6.71 Å². The van der Waals surface area contributed by atoms with Crippen molar-refractivity contribution in [3.8, 4) is 33.8 Å². The Hall–Kier alpha value is -6.05. The third-order valence-electron chi connectivity index (χ3n) is 11.0. The maximum absolute atomic E-state index is 5.24. The molecule has 0 unspecified atom stereocenters. The summed E-state index contributed by atoms with van der Waals surface area (Å²) in [6.45, 7) is 4.11. The van der Waals surface area contributed by atoms with Crippen LogP contribution in [-0.2, 0) is 6.42 Å². The summed E-state index contributed by atoms with van der Waals surface area (Å²) in [6, 6.07) is 53.9. The van der Waals surface area contributed by atoms with Crippen LogP contribution in [0.2, 0.25) is 0 Å². The fourth-order valence-corrected chi connectivity index (χ4v) is 11.1. The van der Waals surface area contributed by atoms with E-state index in [4.69, 9.17) is 22.6 Å². The molecule has 280 valence electrons. The van der Waals surface area contributed by atoms with Gasteiger partial charge >= 0.3 is 0 Å². The Morgan fingerprint density at radius 1 is 0.627 bits per heavy atom. The lowest BCUT2D eigenvalue weighted by atomic mass is 9.35. The number of thioether (sulfide) groups is 1. The largest absolute Gasteiger partial charge is 0.248 e. The Morgan fingerprint density at radius 2 is 1.27 bits per heavy atom. The van der Waals surface area contributed by atoms with Crippen LogP contribution in [0.15, 0.2) is 219 Å². The van der Waals surface area contributed by atoms with E-state index in [9.17, 15) is 0 Å². The summed E-state index contributed by atoms with van der Waals surface area (Å²) in [5.74, 6) is 0.676. The van der Waals surface area contributed by atoms with Gasteiger partial charge in [-0.15, -0.1) is 0 Å². The number of aromatic nitrogens is 2. The van der Waals surface area contributed by atoms with Crippen LogP contribution in [0.4, 0.5) is 0 Å². The minimum Gasteiger partial charge on any atom is -0.228 e. The van der Waals surface area contributed by atoms with Crippen molar-refractivity contribution in [3.63, 3.8) is 0 Å². The lowest BCUT2D eigenvalue weighted by Gasteiger charge is -2.36. The van der Waals surface area contributed by atoms with Crippen molar-refractivity contribution in [2.45, 2.75) is 21.1 Å². The monoisotopic (exact) mass is 808 g/mol. The molecule has 0 spiro atoms. The summed E-state index contributed by atoms with van der Waals surface area (Å²) < 4.78 is 0. The zero-order valence-electron chi connectivity index (χ0n) is 32.1. The van der Waals surface area contributed by atoms with Gasteiger partial charge < -0.3 is 0 Å². The van der Waals surface area contributed by atoms with Gasteiger partial charge in [0.1, 0.15) is 0 Å². The van der Waals surface area contributed by atoms with Crippen molar-refractivity contribution in [1.29, 1.82) is 0 Å². The zero-order valence-corrected chi connectivity index (χ0v) is 34.7. The number of fused-ring (bicyclic) bond motifs is 1. The average Bonchev–Trinajstić information content (AvgIpc) is 3.29. The highest BCUT2D eigenvalue weighted by molar-refractivity contribution is 8.04. The molecular formula is C53H37BN2S3. The molecule has 6 heteroatoms. The van der Waals surface area contributed by atoms with Gasteiger partial charge in [-0.1, -0.05) is 170 Å². The molecule has 2 bridgehead atoms. The summed E-state index contributed by atoms with van der Waals surface area (Å²) in [7, 11) is 0. The second-order valence-electron chi connectivity index (χ2n) is 14.7. The molecule has 3 aliphatic heterocycles. The highest BCUT2D eigenvalue weighted by atomic mass is 32.2. The van der Waals surface area contributed by atoms with E-state index in [1.165, 1.54) is 52.7 Å². The van der Waals surface area contributed by atoms with E-state index in [1.54, 1.807) is 6.08 Å². The molecule has 3 aliphatic rings. The van der Waals surface area contributed by atoms with Crippen molar-refractivity contribution >= 4 is 71.0 Å². The number of thiol groups is 1. The van der Waals surface area contributed by atoms with Gasteiger partial charge in [0.15, 0.2) is 5.82 Å². The molecule has 0 saturated carbocycles. The third-order valence-corrected chi connectivity index (χ3v) is 13.6. The number of hydrogen-bond acceptors (Lipinski definition) is 5. The third kappa shape index (κ3) is 7.33. The Morgan fingerprint density at radius 3 is 2.03 bits per heavy atom. The summed E-state index contributed by atoms with van der Waals surface area (Å²) in [4.78, 5) is 15.6. The van der Waals surface area contributed by atoms with Crippen LogP contribution in [0.5, 0.6) is 0 Å². The second-order valence-corrected chi connectivity index (χ2v) is 17.1. The van der Waals surface area contributed by atoms with Crippen molar-refractivity contribution in [2.75, 3.05) is 0 Å². The van der Waals surface area contributed by atoms with Crippen LogP contribution in [0.25, 0.3) is 51.0 Å². The van der Waals surface area contributed by atoms with Crippen molar-refractivity contribution in [2.24, 2.45) is 0 Å². The highest BCUT2D eigenvalue weighted by Crippen LogP contribution is 2.46. The zero-order chi connectivity index (χ0) is 39.7. The van der Waals surface area contributed by atoms with Crippen molar-refractivity contribution < 1.29 is 0 Å². The van der Waals surface area contributed by atoms with E-state index in [1.807, 2.05) is 47.1 Å². The predicted octanol–water partition coefficient (Wildman–Crippen LogP) is 12.8. The van der Waals surface area contributed by atoms with Gasteiger partial charge in [0, 0.05) is 30.7 Å². The van der Waals surface area contributed by atoms with E-state index < -0.39 is 0 Å². The van der Waals surface area contributed by atoms with E-state index in [0.29, 0.717) is 5.82 Å². The highest BCUT2D eigenvalue weighted by Gasteiger charge is 2.41. The molecule has 7 aromatic rings. The minimum absolute atomic E-state index is 0.169. The molecule has 0 aliphatic carbocycles. The van der Waals surface area contributed by atoms with Gasteiger partial charge in [-0.3, -0.25) is 0 Å². The van der Waals surface area contributed by atoms with Crippen molar-refractivity contribution in [3.05, 3.63) is 227 Å². The first-order chi connectivity index (χ1) is 29.1. The van der Waals surface area contributed by atoms with Crippen LogP contribution in [0.1, 0.15) is 22.4 Å². The Bertz CT molecular complexity index is 2940. The van der Waals surface area contributed by atoms with Gasteiger partial charge in [0.05, 0.1) is 11.4 Å². The summed E-state index contributed by atoms with van der Waals surface area (Å²) in [6.07, 6.45) is 13.6. The van der Waals surface area contributed by atoms with Crippen molar-refractivity contribution in [1.82, 2.24) is 9.97 Å². The molecule has 4 heterocycles. The quantitative estimate of drug-likeness (QED) is 0.0892. The van der Waals surface area contributed by atoms with Crippen LogP contribution in [0.3, 0.4) is 0 Å². The molecule has 0 fully saturated rings. The second kappa shape index (κ2) is 16.3. The fraction of sp³-hybridized carbons (Fsp3) is 0.0189. The molecule has 1 aromatic heterocycles. The first kappa shape index (κ1) is 37.2. The number of allylic oxidation sites excluding steroid dienone is 8. The molecule has 10 rings (SSSR count). The van der Waals surface area contributed by atoms with Crippen LogP contribution in [-0.4, -0.2) is 16.7 Å². The summed E-state index contributed by atoms with van der Waals surface area (Å²) in [5, 5.41) is 2.03. The number of rotatable bonds is 9. The summed E-state index contributed by atoms with van der Waals surface area (Å²) in [5.41, 5.74) is 15.8. The maximum Gasteiger partial charge on any atom is 0.248 e. The minimum atomic E-state index is 0.169. The SMILES string of the molecule is C=C/C=C\C(=C/Cc1ccccc1)c1cc(-c2ccccc2)nc(-c2cccc(-c3cccc(C4=Cc5cccc6c5B5/C(=C\S)C(=C4)Sc4cccc(c45)S6)c3)c2)n1. The lowest BCUT2D eigenvalue weighted by Crippen LogP contribution is -2.52. The fourth-order valence-electron chi connectivity index (χ4n) is 8.20. The average molecular weight is 809 g/mol. The first-order valence-corrected chi connectivity index (χ1v) is 21.9. The summed E-state index contributed by atoms with van der Waals surface area (Å²) >= 11 is 8.57. The maximum atomic E-state index is 5.24. The lowest BCUT2D eigenvalue weighted by molar-refractivity contribution is 1.15. The molecule has 6 aromatic carbocycles. The molecule has 2 nitrogen and oxygen atoms in total. The molecule has 0 atom stereocenters. The number of benzene rings is 6. The Labute approximate surface area is 360 Å².